The highest BCUT2D eigenvalue weighted by Crippen LogP contribution is 2.31. The quantitative estimate of drug-likeness (QED) is 0.576. The molecular weight excluding hydrogens is 411 g/mol. The van der Waals surface area contributed by atoms with Gasteiger partial charge in [0, 0.05) is 44.1 Å². The van der Waals surface area contributed by atoms with E-state index in [1.54, 1.807) is 31.4 Å². The molecule has 158 valence electrons. The molecule has 2 heterocycles. The lowest BCUT2D eigenvalue weighted by Gasteiger charge is -2.33. The highest BCUT2D eigenvalue weighted by molar-refractivity contribution is 7.90. The molecule has 0 bridgehead atoms. The monoisotopic (exact) mass is 432 g/mol. The number of hydrogen-bond acceptors (Lipinski definition) is 6. The standard InChI is InChI=1S/C21H21FN2O5S/c1-27-12-13-4-5-17(28-2)20(8-13)30(26)23-21(25)19-11-15-16(22)9-14(10-18(15)29-19)24-6-3-7-24/h4-5,8-11H,3,6-7,12H2,1-2H3,(H,23,25). The van der Waals surface area contributed by atoms with Crippen molar-refractivity contribution in [3.63, 3.8) is 0 Å². The first-order chi connectivity index (χ1) is 14.5. The predicted octanol–water partition coefficient (Wildman–Crippen LogP) is 3.39. The highest BCUT2D eigenvalue weighted by atomic mass is 32.2. The summed E-state index contributed by atoms with van der Waals surface area (Å²) in [5.41, 5.74) is 1.77. The van der Waals surface area contributed by atoms with Crippen molar-refractivity contribution in [3.8, 4) is 5.75 Å². The number of hydrogen-bond donors (Lipinski definition) is 1. The second kappa shape index (κ2) is 8.55. The van der Waals surface area contributed by atoms with E-state index in [4.69, 9.17) is 13.9 Å². The van der Waals surface area contributed by atoms with Crippen molar-refractivity contribution in [1.82, 2.24) is 4.72 Å². The number of benzene rings is 2. The van der Waals surface area contributed by atoms with Crippen molar-refractivity contribution in [3.05, 3.63) is 53.5 Å². The van der Waals surface area contributed by atoms with Gasteiger partial charge in [-0.15, -0.1) is 0 Å². The van der Waals surface area contributed by atoms with Crippen molar-refractivity contribution < 1.29 is 27.6 Å². The van der Waals surface area contributed by atoms with Crippen LogP contribution in [0.3, 0.4) is 0 Å². The third kappa shape index (κ3) is 3.96. The van der Waals surface area contributed by atoms with Gasteiger partial charge in [-0.1, -0.05) is 6.07 Å². The fourth-order valence-electron chi connectivity index (χ4n) is 3.26. The first kappa shape index (κ1) is 20.5. The van der Waals surface area contributed by atoms with Crippen molar-refractivity contribution >= 4 is 33.9 Å². The lowest BCUT2D eigenvalue weighted by molar-refractivity contribution is 0.0956. The van der Waals surface area contributed by atoms with Crippen LogP contribution in [0.4, 0.5) is 10.1 Å². The van der Waals surface area contributed by atoms with Gasteiger partial charge in [0.25, 0.3) is 0 Å². The number of rotatable bonds is 7. The van der Waals surface area contributed by atoms with Crippen LogP contribution in [0.15, 0.2) is 45.7 Å². The molecule has 9 heteroatoms. The van der Waals surface area contributed by atoms with Crippen LogP contribution >= 0.6 is 0 Å². The molecule has 0 aliphatic carbocycles. The molecule has 30 heavy (non-hydrogen) atoms. The van der Waals surface area contributed by atoms with Crippen LogP contribution in [-0.4, -0.2) is 37.8 Å². The van der Waals surface area contributed by atoms with Gasteiger partial charge in [0.15, 0.2) is 11.5 Å². The molecule has 0 spiro atoms. The summed E-state index contributed by atoms with van der Waals surface area (Å²) in [5.74, 6) is -0.936. The number of carbonyl (C=O) groups excluding carboxylic acids is 1. The second-order valence-corrected chi connectivity index (χ2v) is 8.09. The minimum atomic E-state index is -1.91. The number of halogens is 1. The first-order valence-electron chi connectivity index (χ1n) is 9.37. The van der Waals surface area contributed by atoms with Gasteiger partial charge in [-0.2, -0.15) is 4.72 Å². The average molecular weight is 432 g/mol. The number of carbonyl (C=O) groups is 1. The number of ether oxygens (including phenoxy) is 2. The summed E-state index contributed by atoms with van der Waals surface area (Å²) in [6.45, 7) is 2.05. The lowest BCUT2D eigenvalue weighted by Crippen LogP contribution is -2.36. The second-order valence-electron chi connectivity index (χ2n) is 6.91. The van der Waals surface area contributed by atoms with E-state index in [0.29, 0.717) is 17.3 Å². The number of nitrogens with zero attached hydrogens (tertiary/aromatic N) is 1. The summed E-state index contributed by atoms with van der Waals surface area (Å²) in [7, 11) is 3.00. The van der Waals surface area contributed by atoms with Crippen molar-refractivity contribution in [2.75, 3.05) is 32.2 Å². The van der Waals surface area contributed by atoms with Gasteiger partial charge in [-0.05, 0) is 24.1 Å². The summed E-state index contributed by atoms with van der Waals surface area (Å²) in [4.78, 5) is 14.9. The Labute approximate surface area is 176 Å². The number of furan rings is 1. The van der Waals surface area contributed by atoms with Crippen molar-refractivity contribution in [2.24, 2.45) is 0 Å². The average Bonchev–Trinajstić information content (AvgIpc) is 3.12. The molecule has 1 unspecified atom stereocenters. The summed E-state index contributed by atoms with van der Waals surface area (Å²) < 4.78 is 45.5. The van der Waals surface area contributed by atoms with Gasteiger partial charge in [0.05, 0.1) is 19.1 Å². The fraction of sp³-hybridized carbons (Fsp3) is 0.286. The van der Waals surface area contributed by atoms with E-state index in [1.807, 2.05) is 4.90 Å². The third-order valence-electron chi connectivity index (χ3n) is 4.94. The number of fused-ring (bicyclic) bond motifs is 1. The summed E-state index contributed by atoms with van der Waals surface area (Å²) in [6.07, 6.45) is 1.06. The van der Waals surface area contributed by atoms with E-state index in [0.717, 1.165) is 30.8 Å². The SMILES string of the molecule is COCc1ccc(OC)c([S+]([O-])NC(=O)c2cc3c(F)cc(N4CCC4)cc3o2)c1. The van der Waals surface area contributed by atoms with Gasteiger partial charge in [-0.25, -0.2) is 4.39 Å². The number of amides is 1. The molecule has 1 amide bonds. The van der Waals surface area contributed by atoms with E-state index in [2.05, 4.69) is 4.72 Å². The minimum absolute atomic E-state index is 0.120. The first-order valence-corrected chi connectivity index (χ1v) is 10.5. The van der Waals surface area contributed by atoms with Crippen molar-refractivity contribution in [2.45, 2.75) is 17.9 Å². The smallest absolute Gasteiger partial charge is 0.328 e. The molecule has 0 radical (unpaired) electrons. The summed E-state index contributed by atoms with van der Waals surface area (Å²) in [6, 6.07) is 9.53. The number of nitrogens with one attached hydrogen (secondary N) is 1. The normalized spacial score (nSPS) is 14.5. The largest absolute Gasteiger partial charge is 0.588 e. The van der Waals surface area contributed by atoms with E-state index < -0.39 is 23.1 Å². The van der Waals surface area contributed by atoms with Crippen LogP contribution in [0.25, 0.3) is 11.0 Å². The van der Waals surface area contributed by atoms with Crippen LogP contribution < -0.4 is 14.4 Å². The Morgan fingerprint density at radius 3 is 2.73 bits per heavy atom. The molecule has 3 aromatic rings. The van der Waals surface area contributed by atoms with Gasteiger partial charge in [0.2, 0.25) is 4.90 Å². The lowest BCUT2D eigenvalue weighted by atomic mass is 10.1. The van der Waals surface area contributed by atoms with E-state index in [9.17, 15) is 13.7 Å². The molecule has 0 saturated carbocycles. The van der Waals surface area contributed by atoms with Crippen LogP contribution in [0.2, 0.25) is 0 Å². The minimum Gasteiger partial charge on any atom is -0.588 e. The molecule has 1 atom stereocenters. The Kier molecular flexibility index (Phi) is 5.85. The molecule has 1 aliphatic rings. The Hall–Kier alpha value is -2.75. The molecule has 7 nitrogen and oxygen atoms in total. The predicted molar refractivity (Wildman–Crippen MR) is 111 cm³/mol. The van der Waals surface area contributed by atoms with Crippen LogP contribution in [0, 0.1) is 5.82 Å². The Balaban J connectivity index is 1.57. The molecule has 1 N–H and O–H groups in total. The third-order valence-corrected chi connectivity index (χ3v) is 6.03. The molecule has 1 aliphatic heterocycles. The Bertz CT molecular complexity index is 1080. The number of anilines is 1. The zero-order chi connectivity index (χ0) is 21.3. The molecule has 1 saturated heterocycles. The van der Waals surface area contributed by atoms with Crippen molar-refractivity contribution in [1.29, 1.82) is 0 Å². The van der Waals surface area contributed by atoms with Crippen LogP contribution in [-0.2, 0) is 22.7 Å². The molecule has 1 fully saturated rings. The maximum Gasteiger partial charge on any atom is 0.328 e. The molecule has 1 aromatic heterocycles. The van der Waals surface area contributed by atoms with E-state index in [-0.39, 0.29) is 16.7 Å². The maximum atomic E-state index is 14.5. The van der Waals surface area contributed by atoms with Gasteiger partial charge >= 0.3 is 5.91 Å². The summed E-state index contributed by atoms with van der Waals surface area (Å²) >= 11 is -1.91. The molecule has 4 rings (SSSR count). The highest BCUT2D eigenvalue weighted by Gasteiger charge is 2.25. The number of methoxy groups -OCH3 is 2. The molecular formula is C21H21FN2O5S. The van der Waals surface area contributed by atoms with Crippen LogP contribution in [0.1, 0.15) is 22.5 Å². The summed E-state index contributed by atoms with van der Waals surface area (Å²) in [5, 5.41) is 0.204. The maximum absolute atomic E-state index is 14.5. The van der Waals surface area contributed by atoms with E-state index >= 15 is 0 Å². The van der Waals surface area contributed by atoms with Gasteiger partial charge in [-0.3, -0.25) is 4.79 Å². The fourth-order valence-corrected chi connectivity index (χ4v) is 4.23. The molecule has 2 aromatic carbocycles. The topological polar surface area (TPSA) is 87.0 Å². The van der Waals surface area contributed by atoms with E-state index in [1.165, 1.54) is 19.2 Å². The Morgan fingerprint density at radius 1 is 1.27 bits per heavy atom. The Morgan fingerprint density at radius 2 is 2.07 bits per heavy atom. The van der Waals surface area contributed by atoms with Gasteiger partial charge in [0.1, 0.15) is 22.8 Å². The zero-order valence-corrected chi connectivity index (χ0v) is 17.4. The van der Waals surface area contributed by atoms with Crippen LogP contribution in [0.5, 0.6) is 5.75 Å². The zero-order valence-electron chi connectivity index (χ0n) is 16.6. The van der Waals surface area contributed by atoms with Gasteiger partial charge < -0.3 is 23.3 Å².